The Labute approximate surface area is 200 Å². The van der Waals surface area contributed by atoms with Crippen molar-refractivity contribution < 1.29 is 18.5 Å². The number of rotatable bonds is 10. The third-order valence-electron chi connectivity index (χ3n) is 5.19. The predicted molar refractivity (Wildman–Crippen MR) is 131 cm³/mol. The summed E-state index contributed by atoms with van der Waals surface area (Å²) in [5, 5.41) is 4.47. The minimum absolute atomic E-state index is 0.133. The van der Waals surface area contributed by atoms with Crippen molar-refractivity contribution in [2.24, 2.45) is 7.05 Å². The van der Waals surface area contributed by atoms with E-state index in [1.165, 1.54) is 6.92 Å². The Hall–Kier alpha value is -3.05. The maximum Gasteiger partial charge on any atom is 0.302 e. The van der Waals surface area contributed by atoms with Crippen LogP contribution < -0.4 is 5.56 Å². The maximum absolute atomic E-state index is 13.2. The van der Waals surface area contributed by atoms with E-state index in [9.17, 15) is 13.8 Å². The number of H-pyrrole nitrogens is 1. The number of aromatic nitrogens is 4. The SMILES string of the molecule is CCCc1nn(C)c2c(=O)[nH]c(C3=CC(S(=O)N(C)CCOC(C)=O)=CC=C(OCC)C3)nc12. The number of carbonyl (C=O) groups excluding carboxylic acids is 1. The van der Waals surface area contributed by atoms with Crippen LogP contribution in [0.2, 0.25) is 0 Å². The van der Waals surface area contributed by atoms with Gasteiger partial charge in [0.15, 0.2) is 5.52 Å². The quantitative estimate of drug-likeness (QED) is 0.509. The number of carbonyl (C=O) groups is 1. The van der Waals surface area contributed by atoms with Crippen molar-refractivity contribution in [2.75, 3.05) is 26.8 Å². The Morgan fingerprint density at radius 1 is 1.32 bits per heavy atom. The Kier molecular flexibility index (Phi) is 8.56. The Morgan fingerprint density at radius 2 is 2.09 bits per heavy atom. The third kappa shape index (κ3) is 5.89. The molecule has 1 aliphatic carbocycles. The lowest BCUT2D eigenvalue weighted by Gasteiger charge is -2.16. The molecule has 3 rings (SSSR count). The summed E-state index contributed by atoms with van der Waals surface area (Å²) in [6.07, 6.45) is 7.24. The van der Waals surface area contributed by atoms with E-state index in [2.05, 4.69) is 10.1 Å². The Bertz CT molecular complexity index is 1240. The fraction of sp³-hybridized carbons (Fsp3) is 0.478. The van der Waals surface area contributed by atoms with Crippen LogP contribution in [0.25, 0.3) is 16.6 Å². The third-order valence-corrected chi connectivity index (χ3v) is 6.60. The highest BCUT2D eigenvalue weighted by molar-refractivity contribution is 7.86. The lowest BCUT2D eigenvalue weighted by molar-refractivity contribution is -0.141. The second kappa shape index (κ2) is 11.4. The molecule has 1 aliphatic rings. The van der Waals surface area contributed by atoms with Gasteiger partial charge in [0.25, 0.3) is 5.56 Å². The van der Waals surface area contributed by atoms with Crippen molar-refractivity contribution in [3.63, 3.8) is 0 Å². The number of ether oxygens (including phenoxy) is 2. The fourth-order valence-electron chi connectivity index (χ4n) is 3.62. The summed E-state index contributed by atoms with van der Waals surface area (Å²) in [5.74, 6) is 0.675. The minimum Gasteiger partial charge on any atom is -0.498 e. The molecule has 2 heterocycles. The molecule has 0 aliphatic heterocycles. The molecule has 1 unspecified atom stereocenters. The zero-order valence-corrected chi connectivity index (χ0v) is 21.0. The molecule has 0 aromatic carbocycles. The molecule has 1 N–H and O–H groups in total. The molecular formula is C23H31N5O5S. The van der Waals surface area contributed by atoms with Crippen molar-refractivity contribution in [2.45, 2.75) is 40.0 Å². The molecule has 2 aromatic heterocycles. The molecule has 34 heavy (non-hydrogen) atoms. The number of hydrogen-bond donors (Lipinski definition) is 1. The zero-order valence-electron chi connectivity index (χ0n) is 20.2. The molecule has 0 saturated carbocycles. The first-order valence-corrected chi connectivity index (χ1v) is 12.3. The van der Waals surface area contributed by atoms with Gasteiger partial charge in [0.2, 0.25) is 0 Å². The van der Waals surface area contributed by atoms with Crippen LogP contribution in [-0.2, 0) is 38.7 Å². The van der Waals surface area contributed by atoms with Crippen molar-refractivity contribution in [3.05, 3.63) is 50.8 Å². The molecule has 0 fully saturated rings. The molecule has 0 saturated heterocycles. The van der Waals surface area contributed by atoms with Gasteiger partial charge in [-0.25, -0.2) is 13.5 Å². The molecule has 1 atom stereocenters. The van der Waals surface area contributed by atoms with E-state index in [-0.39, 0.29) is 18.1 Å². The second-order valence-corrected chi connectivity index (χ2v) is 9.45. The van der Waals surface area contributed by atoms with Crippen LogP contribution >= 0.6 is 0 Å². The highest BCUT2D eigenvalue weighted by Crippen LogP contribution is 2.28. The van der Waals surface area contributed by atoms with E-state index >= 15 is 0 Å². The molecule has 2 aromatic rings. The number of nitrogens with one attached hydrogen (secondary N) is 1. The number of esters is 1. The topological polar surface area (TPSA) is 119 Å². The van der Waals surface area contributed by atoms with Gasteiger partial charge in [0.1, 0.15) is 34.7 Å². The summed E-state index contributed by atoms with van der Waals surface area (Å²) in [6, 6.07) is 0. The van der Waals surface area contributed by atoms with Crippen LogP contribution in [0.3, 0.4) is 0 Å². The molecule has 0 bridgehead atoms. The summed E-state index contributed by atoms with van der Waals surface area (Å²) in [4.78, 5) is 32.1. The molecule has 0 amide bonds. The summed E-state index contributed by atoms with van der Waals surface area (Å²) < 4.78 is 27.0. The van der Waals surface area contributed by atoms with Crippen LogP contribution in [0.15, 0.2) is 33.7 Å². The lowest BCUT2D eigenvalue weighted by atomic mass is 10.1. The van der Waals surface area contributed by atoms with Crippen LogP contribution in [0.5, 0.6) is 0 Å². The number of likely N-dealkylation sites (N-methyl/N-ethyl adjacent to an activating group) is 1. The largest absolute Gasteiger partial charge is 0.498 e. The van der Waals surface area contributed by atoms with Crippen molar-refractivity contribution >= 4 is 33.6 Å². The van der Waals surface area contributed by atoms with Gasteiger partial charge in [-0.15, -0.1) is 0 Å². The van der Waals surface area contributed by atoms with Crippen LogP contribution in [-0.4, -0.2) is 61.0 Å². The van der Waals surface area contributed by atoms with Crippen LogP contribution in [0, 0.1) is 0 Å². The van der Waals surface area contributed by atoms with Gasteiger partial charge in [-0.2, -0.15) is 5.10 Å². The van der Waals surface area contributed by atoms with Crippen molar-refractivity contribution in [3.8, 4) is 0 Å². The smallest absolute Gasteiger partial charge is 0.302 e. The number of hydrogen-bond acceptors (Lipinski definition) is 7. The number of allylic oxidation sites excluding steroid dienone is 4. The zero-order chi connectivity index (χ0) is 24.8. The van der Waals surface area contributed by atoms with Gasteiger partial charge in [0, 0.05) is 39.6 Å². The number of fused-ring (bicyclic) bond motifs is 1. The van der Waals surface area contributed by atoms with Crippen LogP contribution in [0.4, 0.5) is 0 Å². The molecule has 184 valence electrons. The maximum atomic E-state index is 13.2. The summed E-state index contributed by atoms with van der Waals surface area (Å²) >= 11 is 0. The molecule has 0 spiro atoms. The van der Waals surface area contributed by atoms with E-state index in [0.717, 1.165) is 12.1 Å². The van der Waals surface area contributed by atoms with Crippen molar-refractivity contribution in [1.82, 2.24) is 24.1 Å². The number of nitrogens with zero attached hydrogens (tertiary/aromatic N) is 4. The first kappa shape index (κ1) is 25.6. The summed E-state index contributed by atoms with van der Waals surface area (Å²) in [5.41, 5.74) is 2.16. The van der Waals surface area contributed by atoms with Gasteiger partial charge in [-0.3, -0.25) is 14.3 Å². The molecule has 10 nitrogen and oxygen atoms in total. The normalized spacial score (nSPS) is 14.9. The highest BCUT2D eigenvalue weighted by Gasteiger charge is 2.21. The van der Waals surface area contributed by atoms with Gasteiger partial charge >= 0.3 is 5.97 Å². The average molecular weight is 490 g/mol. The number of aromatic amines is 1. The minimum atomic E-state index is -1.54. The summed E-state index contributed by atoms with van der Waals surface area (Å²) in [7, 11) is 1.88. The average Bonchev–Trinajstić information content (AvgIpc) is 2.96. The van der Waals surface area contributed by atoms with E-state index in [4.69, 9.17) is 14.5 Å². The standard InChI is InChI=1S/C23H31N5O5S/c1-6-8-19-20-21(28(5)26-19)23(30)25-22(24-20)16-13-17(32-7-2)9-10-18(14-16)34(31)27(4)11-12-33-15(3)29/h9-10,14H,6-8,11-13H2,1-5H3,(H,24,25,30). The molecular weight excluding hydrogens is 458 g/mol. The van der Waals surface area contributed by atoms with E-state index < -0.39 is 11.0 Å². The molecule has 11 heteroatoms. The molecule has 0 radical (unpaired) electrons. The monoisotopic (exact) mass is 489 g/mol. The predicted octanol–water partition coefficient (Wildman–Crippen LogP) is 2.36. The fourth-order valence-corrected chi connectivity index (χ4v) is 4.65. The number of aryl methyl sites for hydroxylation is 2. The lowest BCUT2D eigenvalue weighted by Crippen LogP contribution is -2.26. The van der Waals surface area contributed by atoms with Gasteiger partial charge in [-0.1, -0.05) is 13.3 Å². The van der Waals surface area contributed by atoms with Gasteiger partial charge in [0.05, 0.1) is 17.2 Å². The highest BCUT2D eigenvalue weighted by atomic mass is 32.2. The van der Waals surface area contributed by atoms with E-state index in [1.54, 1.807) is 41.3 Å². The second-order valence-electron chi connectivity index (χ2n) is 7.85. The van der Waals surface area contributed by atoms with E-state index in [1.807, 2.05) is 13.8 Å². The first-order chi connectivity index (χ1) is 16.2. The van der Waals surface area contributed by atoms with Crippen LogP contribution in [0.1, 0.15) is 45.1 Å². The van der Waals surface area contributed by atoms with Crippen molar-refractivity contribution in [1.29, 1.82) is 0 Å². The van der Waals surface area contributed by atoms with E-state index in [0.29, 0.717) is 59.1 Å². The first-order valence-electron chi connectivity index (χ1n) is 11.2. The summed E-state index contributed by atoms with van der Waals surface area (Å²) in [6.45, 7) is 6.17. The van der Waals surface area contributed by atoms with Gasteiger partial charge < -0.3 is 14.5 Å². The Morgan fingerprint density at radius 3 is 2.76 bits per heavy atom. The van der Waals surface area contributed by atoms with Gasteiger partial charge in [-0.05, 0) is 31.6 Å². The Balaban J connectivity index is 2.02.